The number of nitrogens with zero attached hydrogens (tertiary/aromatic N) is 5. The first-order valence-corrected chi connectivity index (χ1v) is 9.37. The molecule has 4 heterocycles. The summed E-state index contributed by atoms with van der Waals surface area (Å²) in [5.41, 5.74) is 3.40. The molecule has 0 aromatic carbocycles. The molecule has 4 aromatic heterocycles. The van der Waals surface area contributed by atoms with Crippen LogP contribution < -0.4 is 0 Å². The number of methoxy groups -OCH3 is 1. The van der Waals surface area contributed by atoms with Crippen LogP contribution in [-0.4, -0.2) is 38.4 Å². The molecule has 1 atom stereocenters. The average Bonchev–Trinajstić information content (AvgIpc) is 3.34. The van der Waals surface area contributed by atoms with Crippen LogP contribution in [0.1, 0.15) is 18.9 Å². The number of aromatic nitrogens is 5. The van der Waals surface area contributed by atoms with Gasteiger partial charge >= 0.3 is 0 Å². The summed E-state index contributed by atoms with van der Waals surface area (Å²) in [5.74, 6) is 0. The van der Waals surface area contributed by atoms with E-state index in [9.17, 15) is 0 Å². The Bertz CT molecular complexity index is 1060. The average molecular weight is 381 g/mol. The smallest absolute Gasteiger partial charge is 0.202 e. The van der Waals surface area contributed by atoms with Gasteiger partial charge in [0.15, 0.2) is 5.01 Å². The molecule has 0 spiro atoms. The molecule has 8 heteroatoms. The Kier molecular flexibility index (Phi) is 4.93. The van der Waals surface area contributed by atoms with E-state index < -0.39 is 6.29 Å². The second kappa shape index (κ2) is 7.51. The molecule has 1 unspecified atom stereocenters. The molecular formula is C19H19N5O2S. The number of pyridine rings is 2. The molecule has 138 valence electrons. The normalized spacial score (nSPS) is 12.6. The fourth-order valence-electron chi connectivity index (χ4n) is 2.97. The van der Waals surface area contributed by atoms with Crippen molar-refractivity contribution in [1.82, 2.24) is 24.7 Å². The minimum Gasteiger partial charge on any atom is -0.350 e. The van der Waals surface area contributed by atoms with Gasteiger partial charge in [-0.25, -0.2) is 4.98 Å². The van der Waals surface area contributed by atoms with Gasteiger partial charge in [-0.15, -0.1) is 10.2 Å². The summed E-state index contributed by atoms with van der Waals surface area (Å²) in [6.45, 7) is 2.46. The third kappa shape index (κ3) is 3.34. The van der Waals surface area contributed by atoms with Crippen LogP contribution in [0.2, 0.25) is 0 Å². The molecule has 0 radical (unpaired) electrons. The maximum atomic E-state index is 5.74. The molecule has 4 aromatic rings. The van der Waals surface area contributed by atoms with Crippen molar-refractivity contribution in [2.45, 2.75) is 13.2 Å². The molecular weight excluding hydrogens is 362 g/mol. The van der Waals surface area contributed by atoms with E-state index in [0.29, 0.717) is 6.61 Å². The highest BCUT2D eigenvalue weighted by atomic mass is 32.1. The van der Waals surface area contributed by atoms with Gasteiger partial charge in [0.25, 0.3) is 0 Å². The first-order chi connectivity index (χ1) is 13.2. The van der Waals surface area contributed by atoms with Crippen LogP contribution in [-0.2, 0) is 16.5 Å². The number of hydrogen-bond donors (Lipinski definition) is 0. The van der Waals surface area contributed by atoms with E-state index in [1.165, 1.54) is 11.3 Å². The van der Waals surface area contributed by atoms with Crippen LogP contribution in [0, 0.1) is 0 Å². The van der Waals surface area contributed by atoms with Gasteiger partial charge in [0.1, 0.15) is 16.4 Å². The lowest BCUT2D eigenvalue weighted by Gasteiger charge is -2.17. The Morgan fingerprint density at radius 2 is 2.07 bits per heavy atom. The zero-order chi connectivity index (χ0) is 18.8. The molecule has 27 heavy (non-hydrogen) atoms. The van der Waals surface area contributed by atoms with Crippen molar-refractivity contribution in [1.29, 1.82) is 0 Å². The Balaban J connectivity index is 1.82. The lowest BCUT2D eigenvalue weighted by Crippen LogP contribution is -2.11. The maximum absolute atomic E-state index is 5.74. The summed E-state index contributed by atoms with van der Waals surface area (Å²) in [6, 6.07) is 7.91. The van der Waals surface area contributed by atoms with Gasteiger partial charge in [-0.1, -0.05) is 11.3 Å². The largest absolute Gasteiger partial charge is 0.350 e. The van der Waals surface area contributed by atoms with Gasteiger partial charge < -0.3 is 14.0 Å². The molecule has 7 nitrogen and oxygen atoms in total. The predicted octanol–water partition coefficient (Wildman–Crippen LogP) is 3.84. The van der Waals surface area contributed by atoms with Crippen molar-refractivity contribution in [3.8, 4) is 21.3 Å². The second-order valence-electron chi connectivity index (χ2n) is 5.93. The van der Waals surface area contributed by atoms with E-state index in [2.05, 4.69) is 15.2 Å². The molecule has 0 N–H and O–H groups in total. The lowest BCUT2D eigenvalue weighted by molar-refractivity contribution is -0.125. The van der Waals surface area contributed by atoms with Gasteiger partial charge in [0, 0.05) is 50.3 Å². The highest BCUT2D eigenvalue weighted by Gasteiger charge is 2.21. The lowest BCUT2D eigenvalue weighted by atomic mass is 10.2. The minimum absolute atomic E-state index is 0.528. The molecule has 0 aliphatic rings. The Labute approximate surface area is 160 Å². The summed E-state index contributed by atoms with van der Waals surface area (Å²) in [7, 11) is 3.60. The molecule has 0 saturated carbocycles. The quantitative estimate of drug-likeness (QED) is 0.473. The fraction of sp³-hybridized carbons (Fsp3) is 0.263. The van der Waals surface area contributed by atoms with Gasteiger partial charge in [0.2, 0.25) is 6.29 Å². The van der Waals surface area contributed by atoms with Gasteiger partial charge in [-0.3, -0.25) is 4.98 Å². The first-order valence-electron chi connectivity index (χ1n) is 8.56. The summed E-state index contributed by atoms with van der Waals surface area (Å²) in [6.07, 6.45) is 4.97. The number of fused-ring (bicyclic) bond motifs is 1. The summed E-state index contributed by atoms with van der Waals surface area (Å²) < 4.78 is 13.3. The Morgan fingerprint density at radius 1 is 1.22 bits per heavy atom. The van der Waals surface area contributed by atoms with Crippen molar-refractivity contribution >= 4 is 22.2 Å². The van der Waals surface area contributed by atoms with E-state index >= 15 is 0 Å². The molecule has 0 aliphatic carbocycles. The molecule has 0 fully saturated rings. The number of rotatable bonds is 6. The van der Waals surface area contributed by atoms with E-state index in [0.717, 1.165) is 37.9 Å². The fourth-order valence-corrected chi connectivity index (χ4v) is 3.77. The molecule has 0 saturated heterocycles. The highest BCUT2D eigenvalue weighted by molar-refractivity contribution is 7.17. The summed E-state index contributed by atoms with van der Waals surface area (Å²) >= 11 is 1.48. The highest BCUT2D eigenvalue weighted by Crippen LogP contribution is 2.33. The van der Waals surface area contributed by atoms with Crippen LogP contribution in [0.25, 0.3) is 32.2 Å². The molecule has 0 bridgehead atoms. The zero-order valence-corrected chi connectivity index (χ0v) is 16.1. The Morgan fingerprint density at radius 3 is 2.81 bits per heavy atom. The minimum atomic E-state index is -0.545. The predicted molar refractivity (Wildman–Crippen MR) is 104 cm³/mol. The van der Waals surface area contributed by atoms with E-state index in [1.54, 1.807) is 19.5 Å². The van der Waals surface area contributed by atoms with Crippen LogP contribution in [0.15, 0.2) is 42.9 Å². The zero-order valence-electron chi connectivity index (χ0n) is 15.3. The van der Waals surface area contributed by atoms with Crippen molar-refractivity contribution < 1.29 is 9.47 Å². The van der Waals surface area contributed by atoms with Crippen LogP contribution in [0.3, 0.4) is 0 Å². The number of hydrogen-bond acceptors (Lipinski definition) is 7. The van der Waals surface area contributed by atoms with E-state index in [-0.39, 0.29) is 0 Å². The SMILES string of the molecule is CCOC(OC)c1nc(-c2nnc(-c3cccnc3)s2)cc2ccn(C)c12. The third-order valence-corrected chi connectivity index (χ3v) is 5.18. The van der Waals surface area contributed by atoms with Crippen LogP contribution in [0.5, 0.6) is 0 Å². The number of aryl methyl sites for hydroxylation is 1. The van der Waals surface area contributed by atoms with E-state index in [4.69, 9.17) is 14.5 Å². The first kappa shape index (κ1) is 17.7. The van der Waals surface area contributed by atoms with Crippen LogP contribution >= 0.6 is 11.3 Å². The van der Waals surface area contributed by atoms with E-state index in [1.807, 2.05) is 49.0 Å². The van der Waals surface area contributed by atoms with Gasteiger partial charge in [-0.2, -0.15) is 0 Å². The maximum Gasteiger partial charge on any atom is 0.202 e. The monoisotopic (exact) mass is 381 g/mol. The third-order valence-electron chi connectivity index (χ3n) is 4.19. The van der Waals surface area contributed by atoms with Crippen molar-refractivity contribution in [2.24, 2.45) is 7.05 Å². The Hall–Kier alpha value is -2.68. The van der Waals surface area contributed by atoms with Crippen LogP contribution in [0.4, 0.5) is 0 Å². The number of ether oxygens (including phenoxy) is 2. The van der Waals surface area contributed by atoms with Crippen molar-refractivity contribution in [3.63, 3.8) is 0 Å². The van der Waals surface area contributed by atoms with Gasteiger partial charge in [-0.05, 0) is 31.2 Å². The summed E-state index contributed by atoms with van der Waals surface area (Å²) in [5, 5.41) is 11.2. The van der Waals surface area contributed by atoms with Crippen molar-refractivity contribution in [2.75, 3.05) is 13.7 Å². The molecule has 4 rings (SSSR count). The topological polar surface area (TPSA) is 75.0 Å². The second-order valence-corrected chi connectivity index (χ2v) is 6.91. The molecule has 0 amide bonds. The standard InChI is InChI=1S/C19H19N5O2S/c1-4-26-19(25-3)15-16-12(7-9-24(16)2)10-14(21-15)18-23-22-17(27-18)13-6-5-8-20-11-13/h5-11,19H,4H2,1-3H3. The van der Waals surface area contributed by atoms with Crippen molar-refractivity contribution in [3.05, 3.63) is 48.5 Å². The molecule has 0 aliphatic heterocycles. The summed E-state index contributed by atoms with van der Waals surface area (Å²) in [4.78, 5) is 8.97. The van der Waals surface area contributed by atoms with Gasteiger partial charge in [0.05, 0.1) is 5.52 Å².